The van der Waals surface area contributed by atoms with Gasteiger partial charge in [0.2, 0.25) is 0 Å². The first-order valence-electron chi connectivity index (χ1n) is 10.6. The van der Waals surface area contributed by atoms with E-state index in [-0.39, 0.29) is 0 Å². The topological polar surface area (TPSA) is 73.4 Å². The maximum atomic E-state index is 10.8. The smallest absolute Gasteiger partial charge is 0.157 e. The van der Waals surface area contributed by atoms with Crippen molar-refractivity contribution in [2.75, 3.05) is 36.5 Å². The van der Waals surface area contributed by atoms with Crippen LogP contribution in [0, 0.1) is 11.8 Å². The molecule has 0 spiro atoms. The fourth-order valence-electron chi connectivity index (χ4n) is 3.82. The number of H-pyrrole nitrogens is 1. The van der Waals surface area contributed by atoms with Gasteiger partial charge in [0.15, 0.2) is 5.60 Å². The Labute approximate surface area is 190 Å². The van der Waals surface area contributed by atoms with Crippen molar-refractivity contribution in [1.29, 1.82) is 0 Å². The number of morpholine rings is 1. The van der Waals surface area contributed by atoms with E-state index in [9.17, 15) is 5.11 Å². The van der Waals surface area contributed by atoms with E-state index < -0.39 is 5.60 Å². The van der Waals surface area contributed by atoms with Crippen LogP contribution < -0.4 is 10.2 Å². The van der Waals surface area contributed by atoms with Crippen LogP contribution in [0.15, 0.2) is 60.2 Å². The number of hydrogen-bond acceptors (Lipinski definition) is 6. The number of thiophene rings is 1. The highest BCUT2D eigenvalue weighted by atomic mass is 32.1. The summed E-state index contributed by atoms with van der Waals surface area (Å²) in [6, 6.07) is 13.9. The maximum absolute atomic E-state index is 10.8. The monoisotopic (exact) mass is 444 g/mol. The van der Waals surface area contributed by atoms with Crippen molar-refractivity contribution < 1.29 is 9.84 Å². The van der Waals surface area contributed by atoms with Gasteiger partial charge in [-0.05, 0) is 48.7 Å². The molecule has 0 saturated carbocycles. The molecule has 1 fully saturated rings. The van der Waals surface area contributed by atoms with Crippen LogP contribution in [0.2, 0.25) is 0 Å². The summed E-state index contributed by atoms with van der Waals surface area (Å²) in [6.45, 7) is 4.82. The number of aliphatic hydroxyl groups is 1. The zero-order chi connectivity index (χ0) is 22.0. The van der Waals surface area contributed by atoms with Crippen molar-refractivity contribution in [3.63, 3.8) is 0 Å². The number of hydrogen-bond donors (Lipinski definition) is 3. The van der Waals surface area contributed by atoms with E-state index in [4.69, 9.17) is 4.74 Å². The summed E-state index contributed by atoms with van der Waals surface area (Å²) >= 11 is 1.50. The number of benzene rings is 1. The Hall–Kier alpha value is -3.31. The number of aromatic amines is 1. The number of fused-ring (bicyclic) bond motifs is 1. The number of ether oxygens (including phenoxy) is 1. The largest absolute Gasteiger partial charge is 0.378 e. The Morgan fingerprint density at radius 1 is 1.19 bits per heavy atom. The average Bonchev–Trinajstić information content (AvgIpc) is 3.52. The van der Waals surface area contributed by atoms with Crippen molar-refractivity contribution in [2.24, 2.45) is 0 Å². The molecule has 1 saturated heterocycles. The van der Waals surface area contributed by atoms with Crippen LogP contribution in [-0.2, 0) is 10.3 Å². The minimum Gasteiger partial charge on any atom is -0.378 e. The molecule has 32 heavy (non-hydrogen) atoms. The van der Waals surface area contributed by atoms with Crippen molar-refractivity contribution >= 4 is 39.4 Å². The maximum Gasteiger partial charge on any atom is 0.157 e. The minimum atomic E-state index is -1.19. The Kier molecular flexibility index (Phi) is 5.58. The second-order valence-corrected chi connectivity index (χ2v) is 8.80. The molecule has 0 aliphatic carbocycles. The van der Waals surface area contributed by atoms with Crippen LogP contribution >= 0.6 is 11.3 Å². The van der Waals surface area contributed by atoms with E-state index in [0.717, 1.165) is 51.6 Å². The fraction of sp³-hybridized carbons (Fsp3) is 0.240. The number of nitrogens with zero attached hydrogens (tertiary/aromatic N) is 2. The first-order valence-corrected chi connectivity index (χ1v) is 11.4. The van der Waals surface area contributed by atoms with Gasteiger partial charge < -0.3 is 25.0 Å². The number of rotatable bonds is 4. The third kappa shape index (κ3) is 4.21. The lowest BCUT2D eigenvalue weighted by molar-refractivity contribution is 0.123. The molecule has 4 aromatic rings. The molecule has 1 aliphatic rings. The average molecular weight is 445 g/mol. The van der Waals surface area contributed by atoms with E-state index in [1.54, 1.807) is 13.1 Å². The molecule has 3 N–H and O–H groups in total. The third-order valence-corrected chi connectivity index (χ3v) is 6.61. The second kappa shape index (κ2) is 8.67. The molecule has 3 aromatic heterocycles. The number of aromatic nitrogens is 2. The molecule has 1 aliphatic heterocycles. The van der Waals surface area contributed by atoms with E-state index in [0.29, 0.717) is 13.2 Å². The van der Waals surface area contributed by atoms with E-state index in [1.807, 2.05) is 48.0 Å². The first kappa shape index (κ1) is 20.6. The highest BCUT2D eigenvalue weighted by molar-refractivity contribution is 7.10. The zero-order valence-corrected chi connectivity index (χ0v) is 18.6. The molecule has 5 rings (SSSR count). The summed E-state index contributed by atoms with van der Waals surface area (Å²) in [4.78, 5) is 10.7. The highest BCUT2D eigenvalue weighted by Gasteiger charge is 2.21. The first-order chi connectivity index (χ1) is 15.6. The van der Waals surface area contributed by atoms with Gasteiger partial charge in [-0.3, -0.25) is 0 Å². The van der Waals surface area contributed by atoms with Gasteiger partial charge >= 0.3 is 0 Å². The summed E-state index contributed by atoms with van der Waals surface area (Å²) < 4.78 is 5.54. The molecule has 4 heterocycles. The number of pyridine rings is 1. The van der Waals surface area contributed by atoms with Gasteiger partial charge in [-0.1, -0.05) is 17.9 Å². The normalized spacial score (nSPS) is 15.8. The Balaban J connectivity index is 1.52. The van der Waals surface area contributed by atoms with Gasteiger partial charge in [-0.25, -0.2) is 4.98 Å². The molecule has 0 bridgehead atoms. The predicted molar refractivity (Wildman–Crippen MR) is 130 cm³/mol. The van der Waals surface area contributed by atoms with Gasteiger partial charge in [0.25, 0.3) is 0 Å². The van der Waals surface area contributed by atoms with Gasteiger partial charge in [0.1, 0.15) is 5.65 Å². The van der Waals surface area contributed by atoms with Gasteiger partial charge in [-0.2, -0.15) is 0 Å². The molecule has 1 aromatic carbocycles. The molecule has 7 heteroatoms. The van der Waals surface area contributed by atoms with Crippen LogP contribution in [0.3, 0.4) is 0 Å². The van der Waals surface area contributed by atoms with Gasteiger partial charge in [0.05, 0.1) is 30.3 Å². The molecule has 162 valence electrons. The van der Waals surface area contributed by atoms with Gasteiger partial charge in [-0.15, -0.1) is 11.3 Å². The van der Waals surface area contributed by atoms with Crippen molar-refractivity contribution in [1.82, 2.24) is 9.97 Å². The summed E-state index contributed by atoms with van der Waals surface area (Å²) in [5.74, 6) is 6.20. The predicted octanol–water partition coefficient (Wildman–Crippen LogP) is 4.46. The molecule has 1 unspecified atom stereocenters. The Morgan fingerprint density at radius 3 is 2.88 bits per heavy atom. The lowest BCUT2D eigenvalue weighted by atomic mass is 10.0. The van der Waals surface area contributed by atoms with Crippen molar-refractivity contribution in [3.05, 3.63) is 70.7 Å². The third-order valence-electron chi connectivity index (χ3n) is 5.53. The van der Waals surface area contributed by atoms with Crippen LogP contribution in [0.5, 0.6) is 0 Å². The lowest BCUT2D eigenvalue weighted by Gasteiger charge is -2.31. The van der Waals surface area contributed by atoms with E-state index in [2.05, 4.69) is 38.1 Å². The molecule has 6 nitrogen and oxygen atoms in total. The summed E-state index contributed by atoms with van der Waals surface area (Å²) in [5.41, 5.74) is 3.52. The SMILES string of the molecule is CC(O)(C#Cc1ccc(N2CCOCC2)c(Nc2ccnc3[nH]ccc23)c1)c1cccs1. The molecule has 0 radical (unpaired) electrons. The van der Waals surface area contributed by atoms with E-state index >= 15 is 0 Å². The number of nitrogens with one attached hydrogen (secondary N) is 2. The van der Waals surface area contributed by atoms with Crippen LogP contribution in [0.4, 0.5) is 17.1 Å². The molecule has 0 amide bonds. The second-order valence-electron chi connectivity index (χ2n) is 7.85. The molecule has 1 atom stereocenters. The Morgan fingerprint density at radius 2 is 2.06 bits per heavy atom. The van der Waals surface area contributed by atoms with Crippen LogP contribution in [-0.4, -0.2) is 41.4 Å². The standard InChI is InChI=1S/C25H24N4O2S/c1-25(30,23-3-2-16-32-23)9-6-18-4-5-22(29-12-14-31-15-13-29)21(17-18)28-20-8-11-27-24-19(20)7-10-26-24/h2-5,7-8,10-11,16-17,30H,12-15H2,1H3,(H2,26,27,28). The summed E-state index contributed by atoms with van der Waals surface area (Å²) in [6.07, 6.45) is 3.68. The number of anilines is 3. The molecular formula is C25H24N4O2S. The van der Waals surface area contributed by atoms with Crippen LogP contribution in [0.1, 0.15) is 17.4 Å². The van der Waals surface area contributed by atoms with Gasteiger partial charge in [0, 0.05) is 41.3 Å². The summed E-state index contributed by atoms with van der Waals surface area (Å²) in [7, 11) is 0. The van der Waals surface area contributed by atoms with Crippen LogP contribution in [0.25, 0.3) is 11.0 Å². The lowest BCUT2D eigenvalue weighted by Crippen LogP contribution is -2.36. The Bertz CT molecular complexity index is 1280. The highest BCUT2D eigenvalue weighted by Crippen LogP contribution is 2.33. The quantitative estimate of drug-likeness (QED) is 0.405. The zero-order valence-electron chi connectivity index (χ0n) is 17.8. The van der Waals surface area contributed by atoms with Crippen molar-refractivity contribution in [3.8, 4) is 11.8 Å². The van der Waals surface area contributed by atoms with E-state index in [1.165, 1.54) is 11.3 Å². The summed E-state index contributed by atoms with van der Waals surface area (Å²) in [5, 5.41) is 17.3. The van der Waals surface area contributed by atoms with Crippen molar-refractivity contribution in [2.45, 2.75) is 12.5 Å². The molecular weight excluding hydrogens is 420 g/mol. The fourth-order valence-corrected chi connectivity index (χ4v) is 4.56. The minimum absolute atomic E-state index is 0.710.